The summed E-state index contributed by atoms with van der Waals surface area (Å²) >= 11 is 0. The van der Waals surface area contributed by atoms with Crippen LogP contribution in [-0.4, -0.2) is 25.6 Å². The number of carbonyl (C=O) groups excluding carboxylic acids is 1. The van der Waals surface area contributed by atoms with E-state index in [9.17, 15) is 4.79 Å². The van der Waals surface area contributed by atoms with Crippen LogP contribution in [-0.2, 0) is 14.1 Å². The highest BCUT2D eigenvalue weighted by molar-refractivity contribution is 6.74. The van der Waals surface area contributed by atoms with Gasteiger partial charge >= 0.3 is 5.97 Å². The molecule has 0 aromatic heterocycles. The molecule has 5 heteroatoms. The summed E-state index contributed by atoms with van der Waals surface area (Å²) in [4.78, 5) is 14.4. The summed E-state index contributed by atoms with van der Waals surface area (Å²) in [5.41, 5.74) is 0. The number of hydrogen-bond donors (Lipinski definition) is 1. The second kappa shape index (κ2) is 5.09. The highest BCUT2D eigenvalue weighted by Crippen LogP contribution is 2.37. The molecule has 0 unspecified atom stereocenters. The zero-order valence-electron chi connectivity index (χ0n) is 10.5. The van der Waals surface area contributed by atoms with Crippen LogP contribution in [0.5, 0.6) is 0 Å². The Balaban J connectivity index is 4.28. The Labute approximate surface area is 92.6 Å². The van der Waals surface area contributed by atoms with Crippen molar-refractivity contribution >= 4 is 14.3 Å². The average molecular weight is 234 g/mol. The Morgan fingerprint density at radius 1 is 1.40 bits per heavy atom. The van der Waals surface area contributed by atoms with E-state index < -0.39 is 14.3 Å². The lowest BCUT2D eigenvalue weighted by molar-refractivity contribution is -0.235. The van der Waals surface area contributed by atoms with E-state index >= 15 is 0 Å². The van der Waals surface area contributed by atoms with Gasteiger partial charge in [-0.2, -0.15) is 5.26 Å². The van der Waals surface area contributed by atoms with Crippen LogP contribution in [0.25, 0.3) is 0 Å². The van der Waals surface area contributed by atoms with Crippen molar-refractivity contribution in [2.45, 2.75) is 58.4 Å². The molecule has 0 radical (unpaired) electrons. The molecule has 90 valence electrons. The predicted octanol–water partition coefficient (Wildman–Crippen LogP) is 2.80. The maximum absolute atomic E-state index is 10.8. The van der Waals surface area contributed by atoms with Gasteiger partial charge in [-0.15, -0.1) is 0 Å². The third kappa shape index (κ3) is 4.77. The van der Waals surface area contributed by atoms with E-state index in [-0.39, 0.29) is 17.6 Å². The van der Waals surface area contributed by atoms with Crippen LogP contribution in [0.15, 0.2) is 0 Å². The van der Waals surface area contributed by atoms with Crippen molar-refractivity contribution in [3.63, 3.8) is 0 Å². The third-order valence-electron chi connectivity index (χ3n) is 2.86. The molecule has 0 aliphatic heterocycles. The SMILES string of the molecule is C[C@@H](CC(=O)OO)O[Si](C)(C)C(C)(C)C. The normalized spacial score (nSPS) is 14.9. The first-order valence-electron chi connectivity index (χ1n) is 5.12. The number of rotatable bonds is 4. The van der Waals surface area contributed by atoms with Crippen molar-refractivity contribution in [2.24, 2.45) is 0 Å². The van der Waals surface area contributed by atoms with Gasteiger partial charge in [0.25, 0.3) is 0 Å². The summed E-state index contributed by atoms with van der Waals surface area (Å²) in [6, 6.07) is 0. The molecule has 0 spiro atoms. The lowest BCUT2D eigenvalue weighted by Gasteiger charge is -2.38. The number of hydrogen-bond acceptors (Lipinski definition) is 4. The van der Waals surface area contributed by atoms with Crippen molar-refractivity contribution in [2.75, 3.05) is 0 Å². The monoisotopic (exact) mass is 234 g/mol. The van der Waals surface area contributed by atoms with Crippen molar-refractivity contribution in [3.8, 4) is 0 Å². The summed E-state index contributed by atoms with van der Waals surface area (Å²) in [6.45, 7) is 12.5. The van der Waals surface area contributed by atoms with E-state index in [2.05, 4.69) is 38.8 Å². The molecule has 0 aliphatic rings. The first-order valence-corrected chi connectivity index (χ1v) is 8.03. The minimum absolute atomic E-state index is 0.0863. The maximum Gasteiger partial charge on any atom is 0.344 e. The highest BCUT2D eigenvalue weighted by atomic mass is 28.4. The van der Waals surface area contributed by atoms with Crippen LogP contribution in [0.3, 0.4) is 0 Å². The van der Waals surface area contributed by atoms with Crippen LogP contribution < -0.4 is 0 Å². The Kier molecular flexibility index (Phi) is 4.96. The first-order chi connectivity index (χ1) is 6.60. The van der Waals surface area contributed by atoms with Gasteiger partial charge in [0.2, 0.25) is 0 Å². The van der Waals surface area contributed by atoms with Crippen LogP contribution in [0.4, 0.5) is 0 Å². The van der Waals surface area contributed by atoms with Gasteiger partial charge in [-0.3, -0.25) is 0 Å². The Morgan fingerprint density at radius 2 is 1.87 bits per heavy atom. The van der Waals surface area contributed by atoms with Crippen LogP contribution in [0, 0.1) is 0 Å². The van der Waals surface area contributed by atoms with Crippen LogP contribution >= 0.6 is 0 Å². The van der Waals surface area contributed by atoms with Gasteiger partial charge in [0.05, 0.1) is 12.5 Å². The van der Waals surface area contributed by atoms with Gasteiger partial charge in [0.15, 0.2) is 8.32 Å². The molecule has 4 nitrogen and oxygen atoms in total. The summed E-state index contributed by atoms with van der Waals surface area (Å²) < 4.78 is 5.90. The average Bonchev–Trinajstić information content (AvgIpc) is 2.00. The first kappa shape index (κ1) is 14.6. The molecule has 0 heterocycles. The Morgan fingerprint density at radius 3 is 2.20 bits per heavy atom. The molecule has 15 heavy (non-hydrogen) atoms. The van der Waals surface area contributed by atoms with Crippen molar-refractivity contribution < 1.29 is 19.4 Å². The molecule has 0 aromatic rings. The second-order valence-electron chi connectivity index (χ2n) is 5.36. The molecule has 1 atom stereocenters. The molecular weight excluding hydrogens is 212 g/mol. The van der Waals surface area contributed by atoms with E-state index in [1.807, 2.05) is 6.92 Å². The molecule has 0 rings (SSSR count). The van der Waals surface area contributed by atoms with E-state index in [1.165, 1.54) is 0 Å². The quantitative estimate of drug-likeness (QED) is 0.461. The summed E-state index contributed by atoms with van der Waals surface area (Å²) in [5.74, 6) is -0.652. The molecule has 0 aliphatic carbocycles. The summed E-state index contributed by atoms with van der Waals surface area (Å²) in [5, 5.41) is 8.26. The van der Waals surface area contributed by atoms with Gasteiger partial charge in [-0.25, -0.2) is 4.79 Å². The molecule has 1 N–H and O–H groups in total. The van der Waals surface area contributed by atoms with Crippen molar-refractivity contribution in [1.29, 1.82) is 0 Å². The van der Waals surface area contributed by atoms with Crippen molar-refractivity contribution in [1.82, 2.24) is 0 Å². The lowest BCUT2D eigenvalue weighted by Crippen LogP contribution is -2.43. The zero-order valence-corrected chi connectivity index (χ0v) is 11.5. The van der Waals surface area contributed by atoms with Gasteiger partial charge in [0.1, 0.15) is 0 Å². The summed E-state index contributed by atoms with van der Waals surface area (Å²) in [6.07, 6.45) is -0.131. The molecule has 0 aromatic carbocycles. The van der Waals surface area contributed by atoms with E-state index in [4.69, 9.17) is 9.68 Å². The standard InChI is InChI=1S/C10H22O4Si/c1-8(7-9(11)13-12)14-15(5,6)10(2,3)4/h8,12H,7H2,1-6H3/t8-/m0/s1. The molecule has 0 saturated heterocycles. The van der Waals surface area contributed by atoms with Crippen LogP contribution in [0.1, 0.15) is 34.1 Å². The Bertz CT molecular complexity index is 220. The van der Waals surface area contributed by atoms with Gasteiger partial charge in [-0.1, -0.05) is 20.8 Å². The van der Waals surface area contributed by atoms with E-state index in [0.29, 0.717) is 0 Å². The zero-order chi connectivity index (χ0) is 12.3. The molecule has 0 amide bonds. The fourth-order valence-corrected chi connectivity index (χ4v) is 2.44. The molecule has 0 fully saturated rings. The predicted molar refractivity (Wildman–Crippen MR) is 61.1 cm³/mol. The minimum Gasteiger partial charge on any atom is -0.414 e. The third-order valence-corrected chi connectivity index (χ3v) is 7.46. The lowest BCUT2D eigenvalue weighted by atomic mass is 10.2. The van der Waals surface area contributed by atoms with Gasteiger partial charge in [0, 0.05) is 0 Å². The molecular formula is C10H22O4Si. The maximum atomic E-state index is 10.8. The summed E-state index contributed by atoms with van der Waals surface area (Å²) in [7, 11) is -1.84. The van der Waals surface area contributed by atoms with Crippen LogP contribution in [0.2, 0.25) is 18.1 Å². The molecule has 0 saturated carbocycles. The topological polar surface area (TPSA) is 55.8 Å². The number of carbonyl (C=O) groups is 1. The highest BCUT2D eigenvalue weighted by Gasteiger charge is 2.38. The largest absolute Gasteiger partial charge is 0.414 e. The van der Waals surface area contributed by atoms with E-state index in [0.717, 1.165) is 0 Å². The second-order valence-corrected chi connectivity index (χ2v) is 10.1. The fourth-order valence-electron chi connectivity index (χ4n) is 0.993. The van der Waals surface area contributed by atoms with Gasteiger partial charge < -0.3 is 9.31 Å². The molecule has 0 bridgehead atoms. The Hall–Kier alpha value is -0.393. The van der Waals surface area contributed by atoms with E-state index in [1.54, 1.807) is 0 Å². The smallest absolute Gasteiger partial charge is 0.344 e. The minimum atomic E-state index is -1.84. The fraction of sp³-hybridized carbons (Fsp3) is 0.900. The van der Waals surface area contributed by atoms with Crippen molar-refractivity contribution in [3.05, 3.63) is 0 Å². The van der Waals surface area contributed by atoms with Gasteiger partial charge in [-0.05, 0) is 25.1 Å².